The lowest BCUT2D eigenvalue weighted by atomic mass is 10.1. The Kier molecular flexibility index (Phi) is 4.45. The minimum Gasteiger partial charge on any atom is -0.478 e. The average molecular weight is 327 g/mol. The second-order valence-corrected chi connectivity index (χ2v) is 5.44. The summed E-state index contributed by atoms with van der Waals surface area (Å²) < 4.78 is 0. The molecule has 2 aromatic heterocycles. The highest BCUT2D eigenvalue weighted by Crippen LogP contribution is 2.23. The van der Waals surface area contributed by atoms with E-state index >= 15 is 0 Å². The number of nitrogens with one attached hydrogen (secondary N) is 3. The number of pyridine rings is 1. The van der Waals surface area contributed by atoms with Gasteiger partial charge in [0.2, 0.25) is 0 Å². The Morgan fingerprint density at radius 3 is 2.79 bits per heavy atom. The number of hydrogen-bond acceptors (Lipinski definition) is 4. The number of aliphatic hydroxyl groups excluding tert-OH is 1. The van der Waals surface area contributed by atoms with Crippen LogP contribution < -0.4 is 10.9 Å². The van der Waals surface area contributed by atoms with Crippen LogP contribution in [0.1, 0.15) is 15.9 Å². The molecular formula is C17H17N3O4. The Bertz CT molecular complexity index is 942. The molecule has 124 valence electrons. The molecule has 0 aliphatic carbocycles. The van der Waals surface area contributed by atoms with Crippen LogP contribution in [0.25, 0.3) is 22.2 Å². The Labute approximate surface area is 137 Å². The lowest BCUT2D eigenvalue weighted by molar-refractivity contribution is 0.0696. The summed E-state index contributed by atoms with van der Waals surface area (Å²) >= 11 is 0. The summed E-state index contributed by atoms with van der Waals surface area (Å²) in [5, 5.41) is 21.9. The van der Waals surface area contributed by atoms with Gasteiger partial charge in [0.15, 0.2) is 0 Å². The van der Waals surface area contributed by atoms with Gasteiger partial charge in [-0.05, 0) is 29.8 Å². The topological polar surface area (TPSA) is 118 Å². The first-order valence-electron chi connectivity index (χ1n) is 7.48. The Morgan fingerprint density at radius 1 is 1.21 bits per heavy atom. The number of aromatic amines is 2. The number of H-pyrrole nitrogens is 2. The van der Waals surface area contributed by atoms with E-state index in [0.29, 0.717) is 18.8 Å². The maximum absolute atomic E-state index is 12.0. The number of fused-ring (bicyclic) bond motifs is 1. The molecule has 0 spiro atoms. The fourth-order valence-corrected chi connectivity index (χ4v) is 2.56. The molecule has 2 heterocycles. The zero-order valence-electron chi connectivity index (χ0n) is 12.8. The van der Waals surface area contributed by atoms with E-state index < -0.39 is 5.97 Å². The highest BCUT2D eigenvalue weighted by Gasteiger charge is 2.11. The predicted octanol–water partition coefficient (Wildman–Crippen LogP) is 1.30. The van der Waals surface area contributed by atoms with Crippen LogP contribution in [0, 0.1) is 0 Å². The quantitative estimate of drug-likeness (QED) is 0.437. The molecule has 0 unspecified atom stereocenters. The molecule has 0 atom stereocenters. The SMILES string of the molecule is O=C(O)c1c[nH]c(=O)c(-c2cc3cc(CNCCO)ccc3[nH]2)c1. The number of rotatable bonds is 6. The monoisotopic (exact) mass is 327 g/mol. The third kappa shape index (κ3) is 3.22. The van der Waals surface area contributed by atoms with Crippen molar-refractivity contribution >= 4 is 16.9 Å². The molecule has 0 saturated carbocycles. The summed E-state index contributed by atoms with van der Waals surface area (Å²) in [4.78, 5) is 28.7. The molecule has 0 aliphatic heterocycles. The lowest BCUT2D eigenvalue weighted by Crippen LogP contribution is -2.17. The highest BCUT2D eigenvalue weighted by molar-refractivity contribution is 5.90. The Balaban J connectivity index is 1.97. The minimum absolute atomic E-state index is 0.0251. The molecule has 0 aliphatic rings. The average Bonchev–Trinajstić information content (AvgIpc) is 2.98. The van der Waals surface area contributed by atoms with Gasteiger partial charge in [0.25, 0.3) is 5.56 Å². The van der Waals surface area contributed by atoms with Gasteiger partial charge in [-0.25, -0.2) is 4.79 Å². The van der Waals surface area contributed by atoms with Crippen LogP contribution in [0.3, 0.4) is 0 Å². The number of carboxylic acids is 1. The minimum atomic E-state index is -1.10. The van der Waals surface area contributed by atoms with E-state index in [-0.39, 0.29) is 23.3 Å². The second kappa shape index (κ2) is 6.69. The van der Waals surface area contributed by atoms with E-state index in [1.54, 1.807) is 0 Å². The summed E-state index contributed by atoms with van der Waals surface area (Å²) in [5.41, 5.74) is 2.43. The molecular weight excluding hydrogens is 310 g/mol. The smallest absolute Gasteiger partial charge is 0.337 e. The van der Waals surface area contributed by atoms with E-state index in [4.69, 9.17) is 10.2 Å². The van der Waals surface area contributed by atoms with Crippen LogP contribution in [0.5, 0.6) is 0 Å². The van der Waals surface area contributed by atoms with Crippen molar-refractivity contribution in [1.82, 2.24) is 15.3 Å². The first-order chi connectivity index (χ1) is 11.6. The first kappa shape index (κ1) is 16.0. The summed E-state index contributed by atoms with van der Waals surface area (Å²) in [7, 11) is 0. The van der Waals surface area contributed by atoms with E-state index in [0.717, 1.165) is 16.5 Å². The first-order valence-corrected chi connectivity index (χ1v) is 7.48. The molecule has 7 nitrogen and oxygen atoms in total. The number of aromatic carboxylic acids is 1. The van der Waals surface area contributed by atoms with Crippen LogP contribution >= 0.6 is 0 Å². The van der Waals surface area contributed by atoms with Crippen molar-refractivity contribution in [3.8, 4) is 11.3 Å². The van der Waals surface area contributed by atoms with Crippen molar-refractivity contribution in [3.05, 3.63) is 58.0 Å². The molecule has 1 aromatic carbocycles. The van der Waals surface area contributed by atoms with Gasteiger partial charge in [-0.3, -0.25) is 4.79 Å². The molecule has 24 heavy (non-hydrogen) atoms. The Morgan fingerprint density at radius 2 is 2.04 bits per heavy atom. The highest BCUT2D eigenvalue weighted by atomic mass is 16.4. The summed E-state index contributed by atoms with van der Waals surface area (Å²) in [6, 6.07) is 9.01. The molecule has 3 aromatic rings. The van der Waals surface area contributed by atoms with Crippen molar-refractivity contribution in [2.45, 2.75) is 6.54 Å². The standard InChI is InChI=1S/C17H17N3O4/c21-4-3-18-8-10-1-2-14-11(5-10)7-15(20-14)13-6-12(17(23)24)9-19-16(13)22/h1-2,5-7,9,18,20-21H,3-4,8H2,(H,19,22)(H,23,24). The maximum atomic E-state index is 12.0. The number of carboxylic acid groups (broad SMARTS) is 1. The largest absolute Gasteiger partial charge is 0.478 e. The van der Waals surface area contributed by atoms with Crippen molar-refractivity contribution in [3.63, 3.8) is 0 Å². The fourth-order valence-electron chi connectivity index (χ4n) is 2.56. The van der Waals surface area contributed by atoms with E-state index in [1.807, 2.05) is 24.3 Å². The van der Waals surface area contributed by atoms with Crippen LogP contribution in [0.4, 0.5) is 0 Å². The molecule has 0 amide bonds. The van der Waals surface area contributed by atoms with Crippen molar-refractivity contribution in [1.29, 1.82) is 0 Å². The molecule has 3 rings (SSSR count). The van der Waals surface area contributed by atoms with Crippen molar-refractivity contribution in [2.24, 2.45) is 0 Å². The van der Waals surface area contributed by atoms with Crippen molar-refractivity contribution < 1.29 is 15.0 Å². The lowest BCUT2D eigenvalue weighted by Gasteiger charge is -2.02. The second-order valence-electron chi connectivity index (χ2n) is 5.44. The van der Waals surface area contributed by atoms with E-state index in [9.17, 15) is 9.59 Å². The summed E-state index contributed by atoms with van der Waals surface area (Å²) in [5.74, 6) is -1.10. The molecule has 5 N–H and O–H groups in total. The summed E-state index contributed by atoms with van der Waals surface area (Å²) in [6.07, 6.45) is 1.18. The van der Waals surface area contributed by atoms with E-state index in [1.165, 1.54) is 12.3 Å². The van der Waals surface area contributed by atoms with Gasteiger partial charge in [0.05, 0.1) is 23.4 Å². The zero-order valence-corrected chi connectivity index (χ0v) is 12.8. The normalized spacial score (nSPS) is 11.0. The third-order valence-electron chi connectivity index (χ3n) is 3.74. The number of benzene rings is 1. The van der Waals surface area contributed by atoms with Crippen molar-refractivity contribution in [2.75, 3.05) is 13.2 Å². The maximum Gasteiger partial charge on any atom is 0.337 e. The van der Waals surface area contributed by atoms with Crippen LogP contribution in [-0.2, 0) is 6.54 Å². The number of hydrogen-bond donors (Lipinski definition) is 5. The van der Waals surface area contributed by atoms with E-state index in [2.05, 4.69) is 15.3 Å². The molecule has 7 heteroatoms. The predicted molar refractivity (Wildman–Crippen MR) is 90.1 cm³/mol. The zero-order chi connectivity index (χ0) is 17.1. The molecule has 0 saturated heterocycles. The van der Waals surface area contributed by atoms with Crippen LogP contribution in [-0.4, -0.2) is 39.3 Å². The van der Waals surface area contributed by atoms with Gasteiger partial charge in [-0.15, -0.1) is 0 Å². The van der Waals surface area contributed by atoms with Crippen LogP contribution in [0.2, 0.25) is 0 Å². The van der Waals surface area contributed by atoms with Crippen LogP contribution in [0.15, 0.2) is 41.3 Å². The van der Waals surface area contributed by atoms with Gasteiger partial charge in [0, 0.05) is 30.2 Å². The molecule has 0 fully saturated rings. The van der Waals surface area contributed by atoms with Gasteiger partial charge in [-0.1, -0.05) is 6.07 Å². The third-order valence-corrected chi connectivity index (χ3v) is 3.74. The Hall–Kier alpha value is -2.90. The van der Waals surface area contributed by atoms with Gasteiger partial charge >= 0.3 is 5.97 Å². The van der Waals surface area contributed by atoms with Gasteiger partial charge in [0.1, 0.15) is 0 Å². The van der Waals surface area contributed by atoms with Gasteiger partial charge < -0.3 is 25.5 Å². The number of aliphatic hydroxyl groups is 1. The fraction of sp³-hybridized carbons (Fsp3) is 0.176. The summed E-state index contributed by atoms with van der Waals surface area (Å²) in [6.45, 7) is 1.24. The number of aromatic nitrogens is 2. The molecule has 0 bridgehead atoms. The van der Waals surface area contributed by atoms with Gasteiger partial charge in [-0.2, -0.15) is 0 Å². The number of carbonyl (C=O) groups is 1. The molecule has 0 radical (unpaired) electrons.